The van der Waals surface area contributed by atoms with Crippen LogP contribution in [0.4, 0.5) is 22.0 Å². The second-order valence-electron chi connectivity index (χ2n) is 4.66. The molecule has 2 aromatic rings. The van der Waals surface area contributed by atoms with Gasteiger partial charge < -0.3 is 0 Å². The van der Waals surface area contributed by atoms with Gasteiger partial charge in [-0.3, -0.25) is 0 Å². The van der Waals surface area contributed by atoms with Crippen molar-refractivity contribution >= 4 is 11.5 Å². The summed E-state index contributed by atoms with van der Waals surface area (Å²) in [6.07, 6.45) is -4.27. The Kier molecular flexibility index (Phi) is 4.06. The van der Waals surface area contributed by atoms with Gasteiger partial charge in [-0.25, -0.2) is 8.78 Å². The van der Waals surface area contributed by atoms with Gasteiger partial charge in [-0.1, -0.05) is 31.2 Å². The number of halogens is 5. The molecule has 1 heterocycles. The van der Waals surface area contributed by atoms with Crippen molar-refractivity contribution in [3.05, 3.63) is 40.3 Å². The number of rotatable bonds is 3. The number of hydrogen-bond acceptors (Lipinski definition) is 2. The monoisotopic (exact) mass is 321 g/mol. The lowest BCUT2D eigenvalue weighted by Gasteiger charge is -2.11. The largest absolute Gasteiger partial charge is 0.427 e. The highest BCUT2D eigenvalue weighted by Crippen LogP contribution is 2.40. The molecule has 21 heavy (non-hydrogen) atoms. The Bertz CT molecular complexity index is 622. The molecule has 2 rings (SSSR count). The van der Waals surface area contributed by atoms with Gasteiger partial charge in [-0.05, 0) is 18.0 Å². The third-order valence-electron chi connectivity index (χ3n) is 3.06. The van der Waals surface area contributed by atoms with Crippen LogP contribution in [0.25, 0.3) is 11.3 Å². The van der Waals surface area contributed by atoms with Gasteiger partial charge in [0.15, 0.2) is 0 Å². The predicted molar refractivity (Wildman–Crippen MR) is 71.5 cm³/mol. The molecule has 0 spiro atoms. The van der Waals surface area contributed by atoms with E-state index >= 15 is 0 Å². The topological polar surface area (TPSA) is 12.9 Å². The van der Waals surface area contributed by atoms with Crippen LogP contribution in [-0.4, -0.2) is 4.37 Å². The zero-order valence-electron chi connectivity index (χ0n) is 11.3. The third kappa shape index (κ3) is 3.23. The van der Waals surface area contributed by atoms with E-state index in [9.17, 15) is 22.0 Å². The average molecular weight is 321 g/mol. The van der Waals surface area contributed by atoms with Crippen LogP contribution in [0, 0.1) is 0 Å². The molecule has 0 radical (unpaired) electrons. The molecule has 1 aromatic carbocycles. The summed E-state index contributed by atoms with van der Waals surface area (Å²) in [5.41, 5.74) is 0.534. The third-order valence-corrected chi connectivity index (χ3v) is 4.00. The molecule has 0 unspecified atom stereocenters. The zero-order valence-corrected chi connectivity index (χ0v) is 12.1. The molecule has 0 aliphatic carbocycles. The van der Waals surface area contributed by atoms with Crippen LogP contribution in [0.1, 0.15) is 29.9 Å². The standard InChI is InChI=1S/C14H12F5NS/c1-3-10-11(20-21-12(10)14(17,18)19)8-4-6-9(7-5-8)13(2,15)16/h4-7H,3H2,1-2H3. The maximum Gasteiger partial charge on any atom is 0.427 e. The second-order valence-corrected chi connectivity index (χ2v) is 5.43. The molecule has 114 valence electrons. The van der Waals surface area contributed by atoms with Gasteiger partial charge in [-0.15, -0.1) is 0 Å². The van der Waals surface area contributed by atoms with Crippen LogP contribution in [0.15, 0.2) is 24.3 Å². The quantitative estimate of drug-likeness (QED) is 0.680. The molecule has 0 amide bonds. The summed E-state index contributed by atoms with van der Waals surface area (Å²) in [5.74, 6) is -2.98. The molecule has 0 N–H and O–H groups in total. The van der Waals surface area contributed by atoms with Crippen LogP contribution < -0.4 is 0 Å². The van der Waals surface area contributed by atoms with Crippen molar-refractivity contribution in [1.29, 1.82) is 0 Å². The molecule has 1 nitrogen and oxygen atoms in total. The molecule has 0 aliphatic heterocycles. The molecular formula is C14H12F5NS. The summed E-state index contributed by atoms with van der Waals surface area (Å²) in [6, 6.07) is 5.17. The number of hydrogen-bond donors (Lipinski definition) is 0. The Labute approximate surface area is 122 Å². The molecule has 7 heteroatoms. The number of aromatic nitrogens is 1. The van der Waals surface area contributed by atoms with E-state index in [4.69, 9.17) is 0 Å². The first-order chi connectivity index (χ1) is 9.64. The lowest BCUT2D eigenvalue weighted by molar-refractivity contribution is -0.134. The summed E-state index contributed by atoms with van der Waals surface area (Å²) in [7, 11) is 0. The van der Waals surface area contributed by atoms with Gasteiger partial charge in [0, 0.05) is 23.6 Å². The summed E-state index contributed by atoms with van der Waals surface area (Å²) >= 11 is 0.389. The van der Waals surface area contributed by atoms with E-state index in [0.29, 0.717) is 17.1 Å². The summed E-state index contributed by atoms with van der Waals surface area (Å²) < 4.78 is 68.7. The molecule has 0 bridgehead atoms. The van der Waals surface area contributed by atoms with Crippen LogP contribution >= 0.6 is 11.5 Å². The van der Waals surface area contributed by atoms with Crippen LogP contribution in [0.2, 0.25) is 0 Å². The first-order valence-electron chi connectivity index (χ1n) is 6.19. The highest BCUT2D eigenvalue weighted by atomic mass is 32.1. The smallest absolute Gasteiger partial charge is 0.202 e. The first kappa shape index (κ1) is 15.9. The maximum atomic E-state index is 13.1. The highest BCUT2D eigenvalue weighted by Gasteiger charge is 2.37. The van der Waals surface area contributed by atoms with Gasteiger partial charge >= 0.3 is 6.18 Å². The van der Waals surface area contributed by atoms with Gasteiger partial charge in [0.25, 0.3) is 5.92 Å². The SMILES string of the molecule is CCc1c(-c2ccc(C(C)(F)F)cc2)nsc1C(F)(F)F. The molecule has 0 saturated carbocycles. The molecule has 0 fully saturated rings. The minimum absolute atomic E-state index is 0.100. The fraction of sp³-hybridized carbons (Fsp3) is 0.357. The first-order valence-corrected chi connectivity index (χ1v) is 6.96. The van der Waals surface area contributed by atoms with E-state index in [1.54, 1.807) is 6.92 Å². The van der Waals surface area contributed by atoms with Crippen LogP contribution in [0.3, 0.4) is 0 Å². The summed E-state index contributed by atoms with van der Waals surface area (Å²) in [4.78, 5) is -0.732. The fourth-order valence-corrected chi connectivity index (χ4v) is 2.86. The van der Waals surface area contributed by atoms with Crippen molar-refractivity contribution in [3.63, 3.8) is 0 Å². The maximum absolute atomic E-state index is 13.1. The normalized spacial score (nSPS) is 12.7. The van der Waals surface area contributed by atoms with Crippen molar-refractivity contribution in [2.75, 3.05) is 0 Å². The van der Waals surface area contributed by atoms with Gasteiger partial charge in [0.1, 0.15) is 4.88 Å². The lowest BCUT2D eigenvalue weighted by atomic mass is 10.0. The van der Waals surface area contributed by atoms with Crippen LogP contribution in [0.5, 0.6) is 0 Å². The Morgan fingerprint density at radius 1 is 1.05 bits per heavy atom. The molecule has 0 aliphatic rings. The average Bonchev–Trinajstić information content (AvgIpc) is 2.81. The van der Waals surface area contributed by atoms with Crippen molar-refractivity contribution in [2.24, 2.45) is 0 Å². The number of benzene rings is 1. The Morgan fingerprint density at radius 2 is 1.62 bits per heavy atom. The van der Waals surface area contributed by atoms with E-state index in [2.05, 4.69) is 4.37 Å². The Hall–Kier alpha value is -1.50. The minimum atomic E-state index is -4.45. The van der Waals surface area contributed by atoms with E-state index in [1.807, 2.05) is 0 Å². The van der Waals surface area contributed by atoms with E-state index < -0.39 is 17.0 Å². The van der Waals surface area contributed by atoms with Crippen molar-refractivity contribution < 1.29 is 22.0 Å². The molecule has 0 saturated heterocycles. The summed E-state index contributed by atoms with van der Waals surface area (Å²) in [6.45, 7) is 2.38. The van der Waals surface area contributed by atoms with Gasteiger partial charge in [0.2, 0.25) is 0 Å². The lowest BCUT2D eigenvalue weighted by Crippen LogP contribution is -2.06. The van der Waals surface area contributed by atoms with E-state index in [1.165, 1.54) is 24.3 Å². The van der Waals surface area contributed by atoms with E-state index in [-0.39, 0.29) is 23.2 Å². The van der Waals surface area contributed by atoms with Gasteiger partial charge in [-0.2, -0.15) is 17.5 Å². The van der Waals surface area contributed by atoms with Gasteiger partial charge in [0.05, 0.1) is 5.69 Å². The van der Waals surface area contributed by atoms with Crippen molar-refractivity contribution in [2.45, 2.75) is 32.4 Å². The van der Waals surface area contributed by atoms with Crippen LogP contribution in [-0.2, 0) is 18.5 Å². The predicted octanol–water partition coefficient (Wildman–Crippen LogP) is 5.50. The van der Waals surface area contributed by atoms with Crippen molar-refractivity contribution in [1.82, 2.24) is 4.37 Å². The Morgan fingerprint density at radius 3 is 2.05 bits per heavy atom. The molecule has 1 aromatic heterocycles. The highest BCUT2D eigenvalue weighted by molar-refractivity contribution is 7.06. The minimum Gasteiger partial charge on any atom is -0.202 e. The summed E-state index contributed by atoms with van der Waals surface area (Å²) in [5, 5.41) is 0. The Balaban J connectivity index is 2.46. The number of nitrogens with zero attached hydrogens (tertiary/aromatic N) is 1. The second kappa shape index (κ2) is 5.36. The van der Waals surface area contributed by atoms with Crippen molar-refractivity contribution in [3.8, 4) is 11.3 Å². The number of alkyl halides is 5. The zero-order chi connectivity index (χ0) is 15.8. The molecular weight excluding hydrogens is 309 g/mol. The van der Waals surface area contributed by atoms with E-state index in [0.717, 1.165) is 6.92 Å². The fourth-order valence-electron chi connectivity index (χ4n) is 2.01. The molecule has 0 atom stereocenters.